The maximum Gasteiger partial charge on any atom is 0.135 e. The van der Waals surface area contributed by atoms with Crippen molar-refractivity contribution in [2.75, 3.05) is 31.6 Å². The summed E-state index contributed by atoms with van der Waals surface area (Å²) in [5, 5.41) is 12.0. The minimum absolute atomic E-state index is 0.292. The lowest BCUT2D eigenvalue weighted by Gasteiger charge is -2.15. The number of anilines is 1. The number of aromatic amines is 2. The number of halogens is 1. The van der Waals surface area contributed by atoms with Crippen molar-refractivity contribution in [1.82, 2.24) is 35.0 Å². The van der Waals surface area contributed by atoms with Crippen LogP contribution in [-0.4, -0.2) is 67.3 Å². The van der Waals surface area contributed by atoms with Gasteiger partial charge in [0.25, 0.3) is 0 Å². The summed E-state index contributed by atoms with van der Waals surface area (Å²) in [5.74, 6) is 0.140. The summed E-state index contributed by atoms with van der Waals surface area (Å²) in [6.45, 7) is 7.74. The lowest BCUT2D eigenvalue weighted by Crippen LogP contribution is -2.25. The first-order valence-corrected chi connectivity index (χ1v) is 14.7. The summed E-state index contributed by atoms with van der Waals surface area (Å²) in [6, 6.07) is 15.0. The predicted octanol–water partition coefficient (Wildman–Crippen LogP) is 6.66. The van der Waals surface area contributed by atoms with Gasteiger partial charge in [0.05, 0.1) is 28.3 Å². The van der Waals surface area contributed by atoms with Crippen LogP contribution >= 0.6 is 0 Å². The van der Waals surface area contributed by atoms with Gasteiger partial charge < -0.3 is 15.0 Å². The van der Waals surface area contributed by atoms with E-state index < -0.39 is 0 Å². The molecule has 0 spiro atoms. The fourth-order valence-electron chi connectivity index (χ4n) is 5.73. The Kier molecular flexibility index (Phi) is 7.20. The molecule has 43 heavy (non-hydrogen) atoms. The summed E-state index contributed by atoms with van der Waals surface area (Å²) in [5.41, 5.74) is 7.86. The fourth-order valence-corrected chi connectivity index (χ4v) is 5.73. The van der Waals surface area contributed by atoms with E-state index in [9.17, 15) is 4.39 Å². The normalized spacial score (nSPS) is 13.9. The van der Waals surface area contributed by atoms with Crippen LogP contribution in [0, 0.1) is 5.82 Å². The van der Waals surface area contributed by atoms with Gasteiger partial charge in [-0.1, -0.05) is 0 Å². The zero-order valence-corrected chi connectivity index (χ0v) is 24.2. The molecule has 6 heterocycles. The van der Waals surface area contributed by atoms with E-state index in [0.717, 1.165) is 64.2 Å². The lowest BCUT2D eigenvalue weighted by molar-refractivity contribution is 0.237. The number of H-pyrrole nitrogens is 2. The van der Waals surface area contributed by atoms with Crippen LogP contribution in [0.1, 0.15) is 26.7 Å². The highest BCUT2D eigenvalue weighted by Crippen LogP contribution is 2.34. The Morgan fingerprint density at radius 1 is 0.977 bits per heavy atom. The second-order valence-electron chi connectivity index (χ2n) is 11.3. The van der Waals surface area contributed by atoms with Crippen LogP contribution in [0.4, 0.5) is 10.1 Å². The second kappa shape index (κ2) is 11.4. The Balaban J connectivity index is 1.21. The third-order valence-electron chi connectivity index (χ3n) is 7.72. The number of ether oxygens (including phenoxy) is 1. The zero-order chi connectivity index (χ0) is 29.3. The molecule has 3 N–H and O–H groups in total. The maximum absolute atomic E-state index is 14.8. The number of aromatic nitrogens is 6. The summed E-state index contributed by atoms with van der Waals surface area (Å²) >= 11 is 0. The van der Waals surface area contributed by atoms with Crippen LogP contribution in [0.15, 0.2) is 67.1 Å². The molecule has 218 valence electrons. The maximum atomic E-state index is 14.8. The number of pyridine rings is 3. The van der Waals surface area contributed by atoms with Crippen molar-refractivity contribution < 1.29 is 9.13 Å². The molecule has 0 saturated carbocycles. The molecule has 1 aromatic carbocycles. The number of hydrogen-bond acceptors (Lipinski definition) is 7. The summed E-state index contributed by atoms with van der Waals surface area (Å²) in [4.78, 5) is 19.8. The predicted molar refractivity (Wildman–Crippen MR) is 168 cm³/mol. The Morgan fingerprint density at radius 3 is 2.72 bits per heavy atom. The van der Waals surface area contributed by atoms with Crippen LogP contribution in [-0.2, 0) is 0 Å². The molecular weight excluding hydrogens is 543 g/mol. The van der Waals surface area contributed by atoms with E-state index in [4.69, 9.17) is 9.72 Å². The molecule has 1 aliphatic heterocycles. The highest BCUT2D eigenvalue weighted by atomic mass is 19.1. The molecule has 0 aliphatic carbocycles. The molecular formula is C33H33FN8O. The summed E-state index contributed by atoms with van der Waals surface area (Å²) < 4.78 is 20.7. The third-order valence-corrected chi connectivity index (χ3v) is 7.72. The molecule has 0 atom stereocenters. The number of fused-ring (bicyclic) bond motifs is 2. The quantitative estimate of drug-likeness (QED) is 0.177. The van der Waals surface area contributed by atoms with Crippen molar-refractivity contribution in [3.63, 3.8) is 0 Å². The van der Waals surface area contributed by atoms with Crippen LogP contribution in [0.25, 0.3) is 55.8 Å². The smallest absolute Gasteiger partial charge is 0.135 e. The standard InChI is InChI=1S/C33H33FN8O/c1-20(2)37-24-14-22(18-35-19-24)27-5-6-29-32(39-27)33(41-40-29)30-17-26-28(38-30)7-8-36-31(26)21-13-23(34)16-25(15-21)43-12-11-42-9-3-4-10-42/h5-8,13-20,37-38H,3-4,9-12H2,1-2H3,(H,40,41). The first-order chi connectivity index (χ1) is 21.0. The molecule has 7 rings (SSSR count). The van der Waals surface area contributed by atoms with Crippen molar-refractivity contribution in [3.05, 3.63) is 72.9 Å². The average molecular weight is 577 g/mol. The van der Waals surface area contributed by atoms with Gasteiger partial charge in [-0.05, 0) is 82.2 Å². The minimum atomic E-state index is -0.361. The van der Waals surface area contributed by atoms with E-state index in [1.165, 1.54) is 25.0 Å². The van der Waals surface area contributed by atoms with Gasteiger partial charge in [0.2, 0.25) is 0 Å². The van der Waals surface area contributed by atoms with Crippen molar-refractivity contribution in [3.8, 4) is 39.7 Å². The van der Waals surface area contributed by atoms with Crippen LogP contribution in [0.5, 0.6) is 5.75 Å². The van der Waals surface area contributed by atoms with Crippen LogP contribution in [0.2, 0.25) is 0 Å². The molecule has 1 aliphatic rings. The number of nitrogens with zero attached hydrogens (tertiary/aromatic N) is 5. The third kappa shape index (κ3) is 5.65. The number of rotatable bonds is 9. The molecule has 0 bridgehead atoms. The van der Waals surface area contributed by atoms with E-state index in [1.807, 2.05) is 48.8 Å². The Bertz CT molecular complexity index is 1910. The summed E-state index contributed by atoms with van der Waals surface area (Å²) in [6.07, 6.45) is 7.80. The van der Waals surface area contributed by atoms with Crippen molar-refractivity contribution >= 4 is 27.6 Å². The van der Waals surface area contributed by atoms with Gasteiger partial charge >= 0.3 is 0 Å². The zero-order valence-electron chi connectivity index (χ0n) is 24.2. The van der Waals surface area contributed by atoms with E-state index in [-0.39, 0.29) is 5.82 Å². The van der Waals surface area contributed by atoms with Gasteiger partial charge in [-0.2, -0.15) is 5.10 Å². The monoisotopic (exact) mass is 576 g/mol. The molecule has 0 radical (unpaired) electrons. The first-order valence-electron chi connectivity index (χ1n) is 14.7. The van der Waals surface area contributed by atoms with Crippen molar-refractivity contribution in [2.24, 2.45) is 0 Å². The Labute approximate surface area is 248 Å². The SMILES string of the molecule is CC(C)Nc1cncc(-c2ccc3[nH]nc(-c4cc5c(-c6cc(F)cc(OCCN7CCCC7)c6)nccc5[nH]4)c3n2)c1. The number of nitrogens with one attached hydrogen (secondary N) is 3. The van der Waals surface area contributed by atoms with Gasteiger partial charge in [0.1, 0.15) is 29.4 Å². The number of hydrogen-bond donors (Lipinski definition) is 3. The van der Waals surface area contributed by atoms with E-state index in [0.29, 0.717) is 35.3 Å². The van der Waals surface area contributed by atoms with Gasteiger partial charge in [0, 0.05) is 59.3 Å². The average Bonchev–Trinajstić information content (AvgIpc) is 3.76. The molecule has 0 amide bonds. The summed E-state index contributed by atoms with van der Waals surface area (Å²) in [7, 11) is 0. The molecule has 0 unspecified atom stereocenters. The fraction of sp³-hybridized carbons (Fsp3) is 0.273. The molecule has 1 fully saturated rings. The minimum Gasteiger partial charge on any atom is -0.492 e. The second-order valence-corrected chi connectivity index (χ2v) is 11.3. The Hall–Kier alpha value is -4.83. The van der Waals surface area contributed by atoms with Gasteiger partial charge in [-0.25, -0.2) is 9.37 Å². The molecule has 9 nitrogen and oxygen atoms in total. The highest BCUT2D eigenvalue weighted by molar-refractivity contribution is 5.99. The van der Waals surface area contributed by atoms with E-state index in [1.54, 1.807) is 6.20 Å². The highest BCUT2D eigenvalue weighted by Gasteiger charge is 2.17. The van der Waals surface area contributed by atoms with E-state index in [2.05, 4.69) is 49.2 Å². The van der Waals surface area contributed by atoms with Crippen molar-refractivity contribution in [1.29, 1.82) is 0 Å². The first kappa shape index (κ1) is 27.0. The molecule has 1 saturated heterocycles. The molecule has 6 aromatic rings. The lowest BCUT2D eigenvalue weighted by atomic mass is 10.1. The Morgan fingerprint density at radius 2 is 1.86 bits per heavy atom. The van der Waals surface area contributed by atoms with E-state index >= 15 is 0 Å². The van der Waals surface area contributed by atoms with Gasteiger partial charge in [-0.15, -0.1) is 0 Å². The number of likely N-dealkylation sites (tertiary alicyclic amines) is 1. The van der Waals surface area contributed by atoms with Crippen LogP contribution < -0.4 is 10.1 Å². The number of benzene rings is 1. The topological polar surface area (TPSA) is 108 Å². The van der Waals surface area contributed by atoms with Crippen LogP contribution in [0.3, 0.4) is 0 Å². The van der Waals surface area contributed by atoms with Crippen molar-refractivity contribution in [2.45, 2.75) is 32.7 Å². The van der Waals surface area contributed by atoms with Gasteiger partial charge in [0.15, 0.2) is 0 Å². The largest absolute Gasteiger partial charge is 0.492 e. The molecule has 5 aromatic heterocycles. The van der Waals surface area contributed by atoms with Gasteiger partial charge in [-0.3, -0.25) is 20.0 Å². The molecule has 10 heteroatoms.